The molecule has 0 spiro atoms. The Hall–Kier alpha value is -3.42. The van der Waals surface area contributed by atoms with Crippen LogP contribution in [0.1, 0.15) is 79.7 Å². The first-order valence-corrected chi connectivity index (χ1v) is 18.5. The van der Waals surface area contributed by atoms with Gasteiger partial charge in [0.25, 0.3) is 0 Å². The Kier molecular flexibility index (Phi) is 7.50. The average Bonchev–Trinajstić information content (AvgIpc) is 3.58. The Bertz CT molecular complexity index is 1960. The number of rotatable bonds is 7. The van der Waals surface area contributed by atoms with Gasteiger partial charge in [-0.1, -0.05) is 37.4 Å². The van der Waals surface area contributed by atoms with Crippen molar-refractivity contribution >= 4 is 34.4 Å². The van der Waals surface area contributed by atoms with Crippen LogP contribution in [-0.2, 0) is 4.74 Å². The Morgan fingerprint density at radius 2 is 1.84 bits per heavy atom. The molecule has 0 radical (unpaired) electrons. The monoisotopic (exact) mass is 697 g/mol. The highest BCUT2D eigenvalue weighted by Crippen LogP contribution is 2.54. The van der Waals surface area contributed by atoms with Crippen molar-refractivity contribution in [1.29, 1.82) is 0 Å². The summed E-state index contributed by atoms with van der Waals surface area (Å²) < 4.78 is 27.6. The first-order chi connectivity index (χ1) is 24.0. The van der Waals surface area contributed by atoms with Crippen molar-refractivity contribution in [1.82, 2.24) is 20.2 Å². The molecule has 8 nitrogen and oxygen atoms in total. The number of ether oxygens (including phenoxy) is 2. The molecule has 1 saturated carbocycles. The van der Waals surface area contributed by atoms with Crippen molar-refractivity contribution < 1.29 is 19.0 Å². The summed E-state index contributed by atoms with van der Waals surface area (Å²) in [7, 11) is 0. The second-order valence-electron chi connectivity index (χ2n) is 16.7. The van der Waals surface area contributed by atoms with Gasteiger partial charge >= 0.3 is 6.01 Å². The molecule has 4 aliphatic heterocycles. The van der Waals surface area contributed by atoms with Gasteiger partial charge in [-0.3, -0.25) is 0 Å². The molecule has 2 bridgehead atoms. The molecule has 262 valence electrons. The lowest BCUT2D eigenvalue weighted by atomic mass is 9.71. The number of piperazine rings is 1. The third kappa shape index (κ3) is 5.20. The quantitative estimate of drug-likeness (QED) is 0.267. The van der Waals surface area contributed by atoms with Crippen LogP contribution in [0.2, 0.25) is 5.02 Å². The smallest absolute Gasteiger partial charge is 0.318 e. The van der Waals surface area contributed by atoms with E-state index >= 15 is 4.39 Å². The van der Waals surface area contributed by atoms with Gasteiger partial charge in [-0.15, -0.1) is 6.42 Å². The van der Waals surface area contributed by atoms with Gasteiger partial charge in [-0.2, -0.15) is 9.97 Å². The summed E-state index contributed by atoms with van der Waals surface area (Å²) in [6.07, 6.45) is 12.3. The van der Waals surface area contributed by atoms with E-state index in [0.29, 0.717) is 40.9 Å². The van der Waals surface area contributed by atoms with Gasteiger partial charge in [-0.05, 0) is 73.1 Å². The van der Waals surface area contributed by atoms with Crippen LogP contribution in [0.4, 0.5) is 10.2 Å². The molecule has 10 heteroatoms. The molecule has 3 aromatic rings. The Labute approximate surface area is 298 Å². The summed E-state index contributed by atoms with van der Waals surface area (Å²) in [5, 5.41) is 16.0. The number of nitrogens with zero attached hydrogens (tertiary/aromatic N) is 4. The van der Waals surface area contributed by atoms with Crippen LogP contribution in [0.5, 0.6) is 6.01 Å². The number of hydrogen-bond acceptors (Lipinski definition) is 8. The van der Waals surface area contributed by atoms with Gasteiger partial charge in [0.1, 0.15) is 11.6 Å². The molecule has 0 amide bonds. The summed E-state index contributed by atoms with van der Waals surface area (Å²) >= 11 is 7.20. The second kappa shape index (κ2) is 11.5. The molecule has 2 aromatic carbocycles. The van der Waals surface area contributed by atoms with Gasteiger partial charge in [0, 0.05) is 83.8 Å². The van der Waals surface area contributed by atoms with Gasteiger partial charge in [0.15, 0.2) is 0 Å². The van der Waals surface area contributed by atoms with Crippen molar-refractivity contribution in [3.8, 4) is 18.4 Å². The molecule has 2 aliphatic carbocycles. The van der Waals surface area contributed by atoms with E-state index in [1.807, 2.05) is 13.0 Å². The normalized spacial score (nSPS) is 31.0. The topological polar surface area (TPSA) is 83.0 Å². The number of aryl methyl sites for hydroxylation is 1. The zero-order valence-electron chi connectivity index (χ0n) is 29.1. The minimum absolute atomic E-state index is 0.0877. The fourth-order valence-corrected chi connectivity index (χ4v) is 10.2. The lowest BCUT2D eigenvalue weighted by Crippen LogP contribution is -2.51. The van der Waals surface area contributed by atoms with Crippen molar-refractivity contribution in [3.63, 3.8) is 0 Å². The number of likely N-dealkylation sites (tertiary alicyclic amines) is 1. The van der Waals surface area contributed by atoms with E-state index < -0.39 is 11.7 Å². The van der Waals surface area contributed by atoms with E-state index in [1.54, 1.807) is 12.1 Å². The van der Waals surface area contributed by atoms with E-state index in [0.717, 1.165) is 99.5 Å². The van der Waals surface area contributed by atoms with Crippen LogP contribution in [0.3, 0.4) is 0 Å². The zero-order chi connectivity index (χ0) is 34.6. The Morgan fingerprint density at radius 1 is 1.12 bits per heavy atom. The van der Waals surface area contributed by atoms with Crippen molar-refractivity contribution in [2.75, 3.05) is 57.4 Å². The number of fused-ring (bicyclic) bond motifs is 5. The standard InChI is InChI=1S/C40H45ClFN5O3/c1-5-28-32(42)9-6-24-12-27(48)13-29(34(24)28)33-23(2)35-30(14-31(33)41)36(47-15-25-7-8-26(16-47)43-25)45-37(44-35)50-22-40(10-11-40)19-46-17-38(3)20-49-21-39(38,4)18-46/h1,6,9,12,14,25-26,29,43,48H,7-8,10-11,13,15-22H2,2-4H3/t25?,26?,29?,38-,39+. The highest BCUT2D eigenvalue weighted by molar-refractivity contribution is 6.32. The molecule has 6 aliphatic rings. The summed E-state index contributed by atoms with van der Waals surface area (Å²) in [4.78, 5) is 15.2. The molecular weight excluding hydrogens is 653 g/mol. The number of anilines is 1. The first-order valence-electron chi connectivity index (χ1n) is 18.1. The SMILES string of the molecule is C#Cc1c(F)ccc2c1C(c1c(Cl)cc3c(N4CC5CCC(C4)N5)nc(OCC4(CN5C[C@]6(C)COC[C@]6(C)C5)CC4)nc3c1C)CC(O)=C2. The number of aliphatic hydroxyl groups is 1. The molecule has 9 rings (SSSR count). The van der Waals surface area contributed by atoms with Gasteiger partial charge in [0.05, 0.1) is 36.7 Å². The third-order valence-electron chi connectivity index (χ3n) is 13.0. The first kappa shape index (κ1) is 32.5. The molecule has 5 fully saturated rings. The van der Waals surface area contributed by atoms with Gasteiger partial charge < -0.3 is 29.7 Å². The highest BCUT2D eigenvalue weighted by atomic mass is 35.5. The van der Waals surface area contributed by atoms with E-state index in [1.165, 1.54) is 6.07 Å². The molecule has 4 saturated heterocycles. The van der Waals surface area contributed by atoms with Crippen LogP contribution in [0.25, 0.3) is 17.0 Å². The maximum absolute atomic E-state index is 15.1. The van der Waals surface area contributed by atoms with Crippen LogP contribution in [0, 0.1) is 41.3 Å². The lowest BCUT2D eigenvalue weighted by molar-refractivity contribution is 0.112. The zero-order valence-corrected chi connectivity index (χ0v) is 29.9. The summed E-state index contributed by atoms with van der Waals surface area (Å²) in [5.41, 5.74) is 4.41. The predicted octanol–water partition coefficient (Wildman–Crippen LogP) is 6.60. The number of benzene rings is 2. The number of halogens is 2. The minimum atomic E-state index is -0.461. The van der Waals surface area contributed by atoms with Crippen LogP contribution < -0.4 is 15.0 Å². The highest BCUT2D eigenvalue weighted by Gasteiger charge is 2.58. The molecule has 5 atom stereocenters. The number of aliphatic hydroxyl groups excluding tert-OH is 1. The molecule has 50 heavy (non-hydrogen) atoms. The fourth-order valence-electron chi connectivity index (χ4n) is 9.82. The molecule has 3 unspecified atom stereocenters. The Morgan fingerprint density at radius 3 is 2.52 bits per heavy atom. The molecule has 2 N–H and O–H groups in total. The molecule has 1 aromatic heterocycles. The van der Waals surface area contributed by atoms with Crippen molar-refractivity contribution in [2.24, 2.45) is 16.2 Å². The van der Waals surface area contributed by atoms with E-state index in [9.17, 15) is 5.11 Å². The second-order valence-corrected chi connectivity index (χ2v) is 17.1. The van der Waals surface area contributed by atoms with E-state index in [-0.39, 0.29) is 34.0 Å². The maximum Gasteiger partial charge on any atom is 0.318 e. The average molecular weight is 698 g/mol. The summed E-state index contributed by atoms with van der Waals surface area (Å²) in [5.74, 6) is 2.69. The molecule has 5 heterocycles. The number of aromatic nitrogens is 2. The predicted molar refractivity (Wildman–Crippen MR) is 193 cm³/mol. The largest absolute Gasteiger partial charge is 0.512 e. The van der Waals surface area contributed by atoms with E-state index in [2.05, 4.69) is 34.9 Å². The van der Waals surface area contributed by atoms with Crippen LogP contribution in [-0.4, -0.2) is 84.6 Å². The van der Waals surface area contributed by atoms with Crippen LogP contribution in [0.15, 0.2) is 24.0 Å². The summed E-state index contributed by atoms with van der Waals surface area (Å²) in [6, 6.07) is 6.16. The maximum atomic E-state index is 15.1. The number of terminal acetylenes is 1. The lowest BCUT2D eigenvalue weighted by Gasteiger charge is -2.35. The van der Waals surface area contributed by atoms with Gasteiger partial charge in [-0.25, -0.2) is 4.39 Å². The van der Waals surface area contributed by atoms with Crippen molar-refractivity contribution in [2.45, 2.75) is 70.9 Å². The van der Waals surface area contributed by atoms with Gasteiger partial charge in [0.2, 0.25) is 0 Å². The minimum Gasteiger partial charge on any atom is -0.512 e. The summed E-state index contributed by atoms with van der Waals surface area (Å²) in [6.45, 7) is 13.8. The Balaban J connectivity index is 1.09. The third-order valence-corrected chi connectivity index (χ3v) is 13.3. The van der Waals surface area contributed by atoms with Crippen molar-refractivity contribution in [3.05, 3.63) is 62.6 Å². The number of nitrogens with one attached hydrogen (secondary N) is 1. The number of allylic oxidation sites excluding steroid dienone is 1. The number of hydrogen-bond donors (Lipinski definition) is 2. The molecular formula is C40H45ClFN5O3. The van der Waals surface area contributed by atoms with E-state index in [4.69, 9.17) is 37.5 Å². The fraction of sp³-hybridized carbons (Fsp3) is 0.550. The van der Waals surface area contributed by atoms with Crippen LogP contribution >= 0.6 is 11.6 Å².